The average molecular weight is 256 g/mol. The molecule has 0 aromatic carbocycles. The Hall–Kier alpha value is -1.69. The van der Waals surface area contributed by atoms with E-state index < -0.39 is 17.9 Å². The Morgan fingerprint density at radius 2 is 2.18 bits per heavy atom. The number of hydrogen-bond acceptors (Lipinski definition) is 4. The molecule has 90 valence electrons. The van der Waals surface area contributed by atoms with Gasteiger partial charge < -0.3 is 10.0 Å². The minimum Gasteiger partial charge on any atom is -0.480 e. The van der Waals surface area contributed by atoms with Crippen LogP contribution in [0.2, 0.25) is 5.15 Å². The number of rotatable bonds is 2. The highest BCUT2D eigenvalue weighted by Gasteiger charge is 2.34. The number of likely N-dealkylation sites (tertiary alicyclic amines) is 1. The van der Waals surface area contributed by atoms with Crippen LogP contribution < -0.4 is 0 Å². The summed E-state index contributed by atoms with van der Waals surface area (Å²) in [5.41, 5.74) is 0.113. The maximum atomic E-state index is 12.0. The maximum Gasteiger partial charge on any atom is 0.326 e. The third-order valence-corrected chi connectivity index (χ3v) is 2.83. The Kier molecular flexibility index (Phi) is 3.23. The van der Waals surface area contributed by atoms with Crippen molar-refractivity contribution in [1.82, 2.24) is 14.9 Å². The molecule has 0 radical (unpaired) electrons. The van der Waals surface area contributed by atoms with Gasteiger partial charge in [0.05, 0.1) is 12.4 Å². The van der Waals surface area contributed by atoms with Gasteiger partial charge in [0.2, 0.25) is 0 Å². The van der Waals surface area contributed by atoms with Gasteiger partial charge in [0.15, 0.2) is 0 Å². The Morgan fingerprint density at radius 1 is 1.41 bits per heavy atom. The largest absolute Gasteiger partial charge is 0.480 e. The van der Waals surface area contributed by atoms with Gasteiger partial charge in [-0.15, -0.1) is 0 Å². The van der Waals surface area contributed by atoms with Crippen molar-refractivity contribution in [2.24, 2.45) is 0 Å². The molecule has 1 atom stereocenters. The van der Waals surface area contributed by atoms with Crippen LogP contribution in [0.15, 0.2) is 12.4 Å². The number of halogens is 1. The topological polar surface area (TPSA) is 83.4 Å². The third-order valence-electron chi connectivity index (χ3n) is 2.64. The van der Waals surface area contributed by atoms with Crippen LogP contribution in [0, 0.1) is 0 Å². The Balaban J connectivity index is 2.19. The molecular formula is C10H10ClN3O3. The van der Waals surface area contributed by atoms with E-state index >= 15 is 0 Å². The van der Waals surface area contributed by atoms with E-state index in [1.807, 2.05) is 0 Å². The van der Waals surface area contributed by atoms with E-state index in [4.69, 9.17) is 16.7 Å². The first-order valence-corrected chi connectivity index (χ1v) is 5.48. The molecule has 1 aliphatic heterocycles. The number of hydrogen-bond donors (Lipinski definition) is 1. The SMILES string of the molecule is O=C(O)[C@@H]1CCCN1C(=O)c1cnc(Cl)cn1. The van der Waals surface area contributed by atoms with Crippen molar-refractivity contribution in [3.8, 4) is 0 Å². The van der Waals surface area contributed by atoms with E-state index in [0.29, 0.717) is 19.4 Å². The van der Waals surface area contributed by atoms with Crippen LogP contribution >= 0.6 is 11.6 Å². The number of aromatic nitrogens is 2. The lowest BCUT2D eigenvalue weighted by Gasteiger charge is -2.20. The summed E-state index contributed by atoms with van der Waals surface area (Å²) in [5, 5.41) is 9.16. The highest BCUT2D eigenvalue weighted by molar-refractivity contribution is 6.29. The van der Waals surface area contributed by atoms with Crippen LogP contribution in [-0.2, 0) is 4.79 Å². The second-order valence-electron chi connectivity index (χ2n) is 3.72. The zero-order chi connectivity index (χ0) is 12.4. The van der Waals surface area contributed by atoms with Crippen LogP contribution in [0.25, 0.3) is 0 Å². The van der Waals surface area contributed by atoms with Gasteiger partial charge >= 0.3 is 5.97 Å². The maximum absolute atomic E-state index is 12.0. The normalized spacial score (nSPS) is 19.4. The van der Waals surface area contributed by atoms with Crippen molar-refractivity contribution in [3.63, 3.8) is 0 Å². The first-order valence-electron chi connectivity index (χ1n) is 5.11. The molecule has 7 heteroatoms. The van der Waals surface area contributed by atoms with Crippen LogP contribution in [0.1, 0.15) is 23.3 Å². The summed E-state index contributed by atoms with van der Waals surface area (Å²) < 4.78 is 0. The van der Waals surface area contributed by atoms with Crippen molar-refractivity contribution < 1.29 is 14.7 Å². The lowest BCUT2D eigenvalue weighted by atomic mass is 10.2. The van der Waals surface area contributed by atoms with E-state index in [-0.39, 0.29) is 10.8 Å². The summed E-state index contributed by atoms with van der Waals surface area (Å²) in [5.74, 6) is -1.41. The minimum absolute atomic E-state index is 0.113. The van der Waals surface area contributed by atoms with E-state index in [0.717, 1.165) is 0 Å². The molecule has 0 bridgehead atoms. The number of carbonyl (C=O) groups excluding carboxylic acids is 1. The molecule has 0 aliphatic carbocycles. The number of carboxylic acid groups (broad SMARTS) is 1. The number of nitrogens with zero attached hydrogens (tertiary/aromatic N) is 3. The smallest absolute Gasteiger partial charge is 0.326 e. The summed E-state index contributed by atoms with van der Waals surface area (Å²) in [7, 11) is 0. The molecule has 6 nitrogen and oxygen atoms in total. The summed E-state index contributed by atoms with van der Waals surface area (Å²) >= 11 is 5.56. The molecule has 1 amide bonds. The zero-order valence-corrected chi connectivity index (χ0v) is 9.59. The fourth-order valence-corrected chi connectivity index (χ4v) is 1.93. The van der Waals surface area contributed by atoms with Gasteiger partial charge in [0, 0.05) is 6.54 Å². The van der Waals surface area contributed by atoms with E-state index in [9.17, 15) is 9.59 Å². The molecule has 0 unspecified atom stereocenters. The number of aliphatic carboxylic acids is 1. The molecule has 17 heavy (non-hydrogen) atoms. The van der Waals surface area contributed by atoms with Gasteiger partial charge in [0.1, 0.15) is 16.9 Å². The lowest BCUT2D eigenvalue weighted by molar-refractivity contribution is -0.141. The average Bonchev–Trinajstić information content (AvgIpc) is 2.78. The predicted octanol–water partition coefficient (Wildman–Crippen LogP) is 0.819. The van der Waals surface area contributed by atoms with Crippen molar-refractivity contribution in [3.05, 3.63) is 23.2 Å². The molecule has 1 N–H and O–H groups in total. The van der Waals surface area contributed by atoms with Gasteiger partial charge in [-0.2, -0.15) is 0 Å². The molecule has 1 aromatic heterocycles. The molecule has 1 aromatic rings. The standard InChI is InChI=1S/C10H10ClN3O3/c11-8-5-12-6(4-13-8)9(15)14-3-1-2-7(14)10(16)17/h4-5,7H,1-3H2,(H,16,17)/t7-/m0/s1. The summed E-state index contributed by atoms with van der Waals surface area (Å²) in [6.07, 6.45) is 3.67. The second-order valence-corrected chi connectivity index (χ2v) is 4.11. The molecule has 2 rings (SSSR count). The van der Waals surface area contributed by atoms with Crippen molar-refractivity contribution in [1.29, 1.82) is 0 Å². The monoisotopic (exact) mass is 255 g/mol. The van der Waals surface area contributed by atoms with Gasteiger partial charge in [-0.1, -0.05) is 11.6 Å². The summed E-state index contributed by atoms with van der Waals surface area (Å²) in [4.78, 5) is 31.8. The molecule has 0 saturated carbocycles. The van der Waals surface area contributed by atoms with Crippen LogP contribution in [0.3, 0.4) is 0 Å². The Labute approximate surface area is 102 Å². The second kappa shape index (κ2) is 4.67. The Morgan fingerprint density at radius 3 is 2.76 bits per heavy atom. The minimum atomic E-state index is -0.988. The van der Waals surface area contributed by atoms with E-state index in [1.54, 1.807) is 0 Å². The fourth-order valence-electron chi connectivity index (χ4n) is 1.84. The molecular weight excluding hydrogens is 246 g/mol. The first kappa shape index (κ1) is 11.8. The molecule has 1 aliphatic rings. The fraction of sp³-hybridized carbons (Fsp3) is 0.400. The van der Waals surface area contributed by atoms with Crippen molar-refractivity contribution in [2.75, 3.05) is 6.54 Å². The number of amides is 1. The zero-order valence-electron chi connectivity index (χ0n) is 8.84. The quantitative estimate of drug-likeness (QED) is 0.846. The van der Waals surface area contributed by atoms with Gasteiger partial charge in [-0.25, -0.2) is 14.8 Å². The Bertz CT molecular complexity index is 449. The summed E-state index contributed by atoms with van der Waals surface area (Å²) in [6.45, 7) is 0.431. The summed E-state index contributed by atoms with van der Waals surface area (Å²) in [6, 6.07) is -0.764. The third kappa shape index (κ3) is 2.36. The highest BCUT2D eigenvalue weighted by Crippen LogP contribution is 2.19. The van der Waals surface area contributed by atoms with E-state index in [1.165, 1.54) is 17.3 Å². The van der Waals surface area contributed by atoms with Crippen molar-refractivity contribution in [2.45, 2.75) is 18.9 Å². The highest BCUT2D eigenvalue weighted by atomic mass is 35.5. The number of carbonyl (C=O) groups is 2. The van der Waals surface area contributed by atoms with Gasteiger partial charge in [-0.3, -0.25) is 4.79 Å². The van der Waals surface area contributed by atoms with Crippen LogP contribution in [0.5, 0.6) is 0 Å². The lowest BCUT2D eigenvalue weighted by Crippen LogP contribution is -2.40. The van der Waals surface area contributed by atoms with Crippen LogP contribution in [0.4, 0.5) is 0 Å². The molecule has 1 fully saturated rings. The number of carboxylic acids is 1. The van der Waals surface area contributed by atoms with E-state index in [2.05, 4.69) is 9.97 Å². The van der Waals surface area contributed by atoms with Gasteiger partial charge in [-0.05, 0) is 12.8 Å². The van der Waals surface area contributed by atoms with Crippen molar-refractivity contribution >= 4 is 23.5 Å². The molecule has 1 saturated heterocycles. The predicted molar refractivity (Wildman–Crippen MR) is 58.7 cm³/mol. The van der Waals surface area contributed by atoms with Gasteiger partial charge in [0.25, 0.3) is 5.91 Å². The first-order chi connectivity index (χ1) is 8.09. The molecule has 2 heterocycles. The van der Waals surface area contributed by atoms with Crippen LogP contribution in [-0.4, -0.2) is 44.4 Å². The molecule has 0 spiro atoms.